The molecular formula is C18H23NO2. The Morgan fingerprint density at radius 3 is 2.33 bits per heavy atom. The molecule has 2 aromatic carbocycles. The summed E-state index contributed by atoms with van der Waals surface area (Å²) in [6.07, 6.45) is 0. The van der Waals surface area contributed by atoms with Crippen LogP contribution in [0.5, 0.6) is 5.75 Å². The molecule has 2 rings (SSSR count). The van der Waals surface area contributed by atoms with Gasteiger partial charge in [0, 0.05) is 12.7 Å². The van der Waals surface area contributed by atoms with Crippen molar-refractivity contribution in [3.63, 3.8) is 0 Å². The van der Waals surface area contributed by atoms with Crippen LogP contribution in [0.1, 0.15) is 23.6 Å². The Balaban J connectivity index is 2.32. The molecule has 112 valence electrons. The Morgan fingerprint density at radius 2 is 1.67 bits per heavy atom. The van der Waals surface area contributed by atoms with Gasteiger partial charge in [0.1, 0.15) is 12.4 Å². The van der Waals surface area contributed by atoms with Crippen molar-refractivity contribution < 1.29 is 9.47 Å². The lowest BCUT2D eigenvalue weighted by atomic mass is 9.85. The molecule has 1 unspecified atom stereocenters. The molecule has 0 heterocycles. The normalized spacial score (nSPS) is 13.7. The van der Waals surface area contributed by atoms with Crippen molar-refractivity contribution in [2.45, 2.75) is 19.4 Å². The highest BCUT2D eigenvalue weighted by Gasteiger charge is 2.27. The molecule has 0 amide bonds. The number of nitrogens with two attached hydrogens (primary N) is 1. The Kier molecular flexibility index (Phi) is 4.99. The molecule has 0 aromatic heterocycles. The summed E-state index contributed by atoms with van der Waals surface area (Å²) in [4.78, 5) is 0. The Bertz CT molecular complexity index is 576. The van der Waals surface area contributed by atoms with E-state index in [1.165, 1.54) is 5.56 Å². The molecule has 0 aliphatic carbocycles. The molecule has 0 spiro atoms. The first-order chi connectivity index (χ1) is 10.1. The first-order valence-electron chi connectivity index (χ1n) is 7.13. The predicted octanol–water partition coefficient (Wildman–Crippen LogP) is 3.24. The van der Waals surface area contributed by atoms with Gasteiger partial charge in [0.05, 0.1) is 12.1 Å². The van der Waals surface area contributed by atoms with E-state index in [1.807, 2.05) is 31.2 Å². The van der Waals surface area contributed by atoms with Crippen LogP contribution in [0, 0.1) is 6.92 Å². The van der Waals surface area contributed by atoms with E-state index in [2.05, 4.69) is 31.2 Å². The second kappa shape index (κ2) is 6.74. The lowest BCUT2D eigenvalue weighted by Crippen LogP contribution is -2.34. The van der Waals surface area contributed by atoms with Gasteiger partial charge in [-0.15, -0.1) is 0 Å². The molecule has 0 radical (unpaired) electrons. The fourth-order valence-corrected chi connectivity index (χ4v) is 2.31. The predicted molar refractivity (Wildman–Crippen MR) is 85.6 cm³/mol. The first-order valence-corrected chi connectivity index (χ1v) is 7.13. The van der Waals surface area contributed by atoms with Crippen molar-refractivity contribution in [3.05, 3.63) is 65.2 Å². The van der Waals surface area contributed by atoms with E-state index in [0.717, 1.165) is 16.9 Å². The van der Waals surface area contributed by atoms with Gasteiger partial charge in [-0.25, -0.2) is 0 Å². The zero-order valence-corrected chi connectivity index (χ0v) is 12.9. The average molecular weight is 285 g/mol. The number of methoxy groups -OCH3 is 1. The van der Waals surface area contributed by atoms with Gasteiger partial charge in [-0.05, 0) is 25.5 Å². The maximum atomic E-state index is 6.60. The second-order valence-electron chi connectivity index (χ2n) is 5.41. The quantitative estimate of drug-likeness (QED) is 0.829. The van der Waals surface area contributed by atoms with E-state index in [-0.39, 0.29) is 0 Å². The van der Waals surface area contributed by atoms with E-state index < -0.39 is 5.54 Å². The number of hydrogen-bond acceptors (Lipinski definition) is 3. The third-order valence-electron chi connectivity index (χ3n) is 3.64. The van der Waals surface area contributed by atoms with Crippen LogP contribution >= 0.6 is 0 Å². The maximum Gasteiger partial charge on any atom is 0.124 e. The minimum atomic E-state index is -0.600. The van der Waals surface area contributed by atoms with Gasteiger partial charge in [-0.3, -0.25) is 0 Å². The first kappa shape index (κ1) is 15.5. The van der Waals surface area contributed by atoms with Gasteiger partial charge in [0.15, 0.2) is 0 Å². The van der Waals surface area contributed by atoms with Crippen LogP contribution in [0.3, 0.4) is 0 Å². The Morgan fingerprint density at radius 1 is 1.00 bits per heavy atom. The monoisotopic (exact) mass is 285 g/mol. The van der Waals surface area contributed by atoms with Gasteiger partial charge >= 0.3 is 0 Å². The molecule has 21 heavy (non-hydrogen) atoms. The Labute approximate surface area is 126 Å². The summed E-state index contributed by atoms with van der Waals surface area (Å²) >= 11 is 0. The molecule has 2 aromatic rings. The van der Waals surface area contributed by atoms with E-state index >= 15 is 0 Å². The molecule has 0 aliphatic rings. The highest BCUT2D eigenvalue weighted by Crippen LogP contribution is 2.33. The minimum Gasteiger partial charge on any atom is -0.491 e. The molecule has 3 nitrogen and oxygen atoms in total. The zero-order valence-electron chi connectivity index (χ0n) is 12.9. The van der Waals surface area contributed by atoms with Gasteiger partial charge in [-0.2, -0.15) is 0 Å². The van der Waals surface area contributed by atoms with E-state index in [4.69, 9.17) is 15.2 Å². The molecule has 0 fully saturated rings. The van der Waals surface area contributed by atoms with Gasteiger partial charge in [0.2, 0.25) is 0 Å². The van der Waals surface area contributed by atoms with Crippen molar-refractivity contribution in [2.75, 3.05) is 20.3 Å². The number of hydrogen-bond donors (Lipinski definition) is 1. The topological polar surface area (TPSA) is 44.5 Å². The lowest BCUT2D eigenvalue weighted by molar-refractivity contribution is 0.145. The van der Waals surface area contributed by atoms with E-state index in [9.17, 15) is 0 Å². The van der Waals surface area contributed by atoms with Crippen molar-refractivity contribution in [1.82, 2.24) is 0 Å². The van der Waals surface area contributed by atoms with Crippen LogP contribution in [0.25, 0.3) is 0 Å². The molecule has 0 saturated heterocycles. The molecule has 1 atom stereocenters. The van der Waals surface area contributed by atoms with Crippen molar-refractivity contribution in [1.29, 1.82) is 0 Å². The summed E-state index contributed by atoms with van der Waals surface area (Å²) in [6.45, 7) is 5.15. The van der Waals surface area contributed by atoms with Crippen LogP contribution in [0.15, 0.2) is 48.5 Å². The summed E-state index contributed by atoms with van der Waals surface area (Å²) < 4.78 is 10.8. The van der Waals surface area contributed by atoms with E-state index in [1.54, 1.807) is 7.11 Å². The van der Waals surface area contributed by atoms with Gasteiger partial charge < -0.3 is 15.2 Å². The minimum absolute atomic E-state index is 0.511. The van der Waals surface area contributed by atoms with Crippen molar-refractivity contribution in [3.8, 4) is 5.75 Å². The standard InChI is InChI=1S/C18H23NO2/c1-14-8-10-15(11-9-14)18(2,19)16-6-4-5-7-17(16)21-13-12-20-3/h4-11H,12-13,19H2,1-3H3. The van der Waals surface area contributed by atoms with Crippen LogP contribution in [-0.4, -0.2) is 20.3 Å². The summed E-state index contributed by atoms with van der Waals surface area (Å²) in [5.41, 5.74) is 9.27. The maximum absolute atomic E-state index is 6.60. The lowest BCUT2D eigenvalue weighted by Gasteiger charge is -2.28. The number of benzene rings is 2. The molecule has 0 aliphatic heterocycles. The molecule has 3 heteroatoms. The van der Waals surface area contributed by atoms with Crippen molar-refractivity contribution in [2.24, 2.45) is 5.73 Å². The summed E-state index contributed by atoms with van der Waals surface area (Å²) in [5, 5.41) is 0. The van der Waals surface area contributed by atoms with Crippen LogP contribution in [0.4, 0.5) is 0 Å². The smallest absolute Gasteiger partial charge is 0.124 e. The van der Waals surface area contributed by atoms with Crippen LogP contribution in [-0.2, 0) is 10.3 Å². The average Bonchev–Trinajstić information content (AvgIpc) is 2.48. The second-order valence-corrected chi connectivity index (χ2v) is 5.41. The third-order valence-corrected chi connectivity index (χ3v) is 3.64. The number of rotatable bonds is 6. The SMILES string of the molecule is COCCOc1ccccc1C(C)(N)c1ccc(C)cc1. The summed E-state index contributed by atoms with van der Waals surface area (Å²) in [6, 6.07) is 16.2. The third kappa shape index (κ3) is 3.63. The molecule has 2 N–H and O–H groups in total. The summed E-state index contributed by atoms with van der Waals surface area (Å²) in [5.74, 6) is 0.806. The molecule has 0 bridgehead atoms. The van der Waals surface area contributed by atoms with Crippen molar-refractivity contribution >= 4 is 0 Å². The molecular weight excluding hydrogens is 262 g/mol. The fourth-order valence-electron chi connectivity index (χ4n) is 2.31. The van der Waals surface area contributed by atoms with Crippen LogP contribution in [0.2, 0.25) is 0 Å². The largest absolute Gasteiger partial charge is 0.491 e. The highest BCUT2D eigenvalue weighted by atomic mass is 16.5. The fraction of sp³-hybridized carbons (Fsp3) is 0.333. The number of ether oxygens (including phenoxy) is 2. The molecule has 0 saturated carbocycles. The highest BCUT2D eigenvalue weighted by molar-refractivity contribution is 5.45. The Hall–Kier alpha value is -1.84. The van der Waals surface area contributed by atoms with E-state index in [0.29, 0.717) is 13.2 Å². The number of aryl methyl sites for hydroxylation is 1. The number of para-hydroxylation sites is 1. The van der Waals surface area contributed by atoms with Gasteiger partial charge in [-0.1, -0.05) is 48.0 Å². The summed E-state index contributed by atoms with van der Waals surface area (Å²) in [7, 11) is 1.66. The zero-order chi connectivity index (χ0) is 15.3. The van der Waals surface area contributed by atoms with Crippen LogP contribution < -0.4 is 10.5 Å². The van der Waals surface area contributed by atoms with Gasteiger partial charge in [0.25, 0.3) is 0 Å².